The molecule has 102 valence electrons. The van der Waals surface area contributed by atoms with E-state index in [0.29, 0.717) is 6.42 Å². The Bertz CT molecular complexity index is 489. The number of carbonyl (C=O) groups excluding carboxylic acids is 2. The maximum atomic E-state index is 11.6. The Morgan fingerprint density at radius 1 is 1.42 bits per heavy atom. The standard InChI is InChI=1S/C13H18N4O2/c1-9(18)17-8-2-3-11(17)13-10(4-5-12(14)19)15-6-7-16-13/h6-7,11H,2-5,8H2,1H3,(H2,14,19)/t11-/m0/s1. The number of aryl methyl sites for hydroxylation is 1. The number of hydrogen-bond acceptors (Lipinski definition) is 4. The van der Waals surface area contributed by atoms with Crippen molar-refractivity contribution in [1.82, 2.24) is 14.9 Å². The zero-order valence-corrected chi connectivity index (χ0v) is 11.0. The van der Waals surface area contributed by atoms with E-state index in [1.54, 1.807) is 19.3 Å². The molecule has 0 spiro atoms. The Hall–Kier alpha value is -1.98. The van der Waals surface area contributed by atoms with Gasteiger partial charge in [0.2, 0.25) is 11.8 Å². The summed E-state index contributed by atoms with van der Waals surface area (Å²) in [5, 5.41) is 0. The number of rotatable bonds is 4. The number of aromatic nitrogens is 2. The van der Waals surface area contributed by atoms with Crippen LogP contribution in [0.15, 0.2) is 12.4 Å². The highest BCUT2D eigenvalue weighted by molar-refractivity contribution is 5.74. The van der Waals surface area contributed by atoms with Crippen LogP contribution in [0.3, 0.4) is 0 Å². The van der Waals surface area contributed by atoms with E-state index in [1.165, 1.54) is 0 Å². The van der Waals surface area contributed by atoms with Gasteiger partial charge in [-0.3, -0.25) is 19.6 Å². The molecule has 1 aliphatic rings. The van der Waals surface area contributed by atoms with Crippen LogP contribution in [0.4, 0.5) is 0 Å². The normalized spacial score (nSPS) is 18.6. The molecule has 2 rings (SSSR count). The molecular formula is C13H18N4O2. The second-order valence-electron chi connectivity index (χ2n) is 4.73. The summed E-state index contributed by atoms with van der Waals surface area (Å²) in [7, 11) is 0. The summed E-state index contributed by atoms with van der Waals surface area (Å²) in [6.45, 7) is 2.32. The molecule has 0 saturated carbocycles. The van der Waals surface area contributed by atoms with E-state index in [9.17, 15) is 9.59 Å². The smallest absolute Gasteiger partial charge is 0.220 e. The molecule has 0 bridgehead atoms. The molecule has 0 aromatic carbocycles. The number of hydrogen-bond donors (Lipinski definition) is 1. The van der Waals surface area contributed by atoms with E-state index in [2.05, 4.69) is 9.97 Å². The molecule has 1 aromatic heterocycles. The molecule has 6 heteroatoms. The van der Waals surface area contributed by atoms with E-state index in [1.807, 2.05) is 4.90 Å². The maximum absolute atomic E-state index is 11.6. The Morgan fingerprint density at radius 2 is 2.16 bits per heavy atom. The minimum Gasteiger partial charge on any atom is -0.370 e. The van der Waals surface area contributed by atoms with Crippen LogP contribution in [0, 0.1) is 0 Å². The molecule has 0 aliphatic carbocycles. The van der Waals surface area contributed by atoms with Crippen molar-refractivity contribution in [2.45, 2.75) is 38.6 Å². The molecule has 1 atom stereocenters. The number of primary amides is 1. The van der Waals surface area contributed by atoms with Crippen LogP contribution in [-0.4, -0.2) is 33.2 Å². The van der Waals surface area contributed by atoms with Gasteiger partial charge in [-0.05, 0) is 12.8 Å². The number of carbonyl (C=O) groups is 2. The van der Waals surface area contributed by atoms with Gasteiger partial charge in [-0.25, -0.2) is 0 Å². The zero-order valence-electron chi connectivity index (χ0n) is 11.0. The topological polar surface area (TPSA) is 89.2 Å². The molecule has 1 aromatic rings. The Balaban J connectivity index is 2.23. The van der Waals surface area contributed by atoms with Gasteiger partial charge in [0, 0.05) is 38.7 Å². The first kappa shape index (κ1) is 13.5. The molecule has 1 fully saturated rings. The molecule has 2 heterocycles. The summed E-state index contributed by atoms with van der Waals surface area (Å²) in [6, 6.07) is -0.0194. The molecular weight excluding hydrogens is 244 g/mol. The largest absolute Gasteiger partial charge is 0.370 e. The van der Waals surface area contributed by atoms with Crippen LogP contribution in [0.1, 0.15) is 43.6 Å². The first-order valence-electron chi connectivity index (χ1n) is 6.45. The van der Waals surface area contributed by atoms with Crippen LogP contribution >= 0.6 is 0 Å². The van der Waals surface area contributed by atoms with Crippen molar-refractivity contribution >= 4 is 11.8 Å². The second kappa shape index (κ2) is 5.77. The lowest BCUT2D eigenvalue weighted by atomic mass is 10.1. The molecule has 2 N–H and O–H groups in total. The van der Waals surface area contributed by atoms with E-state index in [0.717, 1.165) is 30.8 Å². The molecule has 0 unspecified atom stereocenters. The van der Waals surface area contributed by atoms with Gasteiger partial charge in [-0.2, -0.15) is 0 Å². The highest BCUT2D eigenvalue weighted by Crippen LogP contribution is 2.32. The van der Waals surface area contributed by atoms with E-state index < -0.39 is 0 Å². The van der Waals surface area contributed by atoms with Crippen molar-refractivity contribution in [3.8, 4) is 0 Å². The quantitative estimate of drug-likeness (QED) is 0.859. The van der Waals surface area contributed by atoms with Crippen molar-refractivity contribution in [3.05, 3.63) is 23.8 Å². The van der Waals surface area contributed by atoms with E-state index in [4.69, 9.17) is 5.73 Å². The summed E-state index contributed by atoms with van der Waals surface area (Å²) in [5.41, 5.74) is 6.73. The average Bonchev–Trinajstić information content (AvgIpc) is 2.85. The molecule has 19 heavy (non-hydrogen) atoms. The number of likely N-dealkylation sites (tertiary alicyclic amines) is 1. The van der Waals surface area contributed by atoms with Crippen molar-refractivity contribution in [3.63, 3.8) is 0 Å². The monoisotopic (exact) mass is 262 g/mol. The number of nitrogens with zero attached hydrogens (tertiary/aromatic N) is 3. The highest BCUT2D eigenvalue weighted by atomic mass is 16.2. The van der Waals surface area contributed by atoms with Gasteiger partial charge in [0.05, 0.1) is 17.4 Å². The minimum absolute atomic E-state index is 0.0194. The van der Waals surface area contributed by atoms with Crippen molar-refractivity contribution in [2.24, 2.45) is 5.73 Å². The molecule has 1 saturated heterocycles. The maximum Gasteiger partial charge on any atom is 0.220 e. The molecule has 1 aliphatic heterocycles. The molecule has 2 amide bonds. The summed E-state index contributed by atoms with van der Waals surface area (Å²) < 4.78 is 0. The third-order valence-electron chi connectivity index (χ3n) is 3.39. The lowest BCUT2D eigenvalue weighted by molar-refractivity contribution is -0.129. The third-order valence-corrected chi connectivity index (χ3v) is 3.39. The van der Waals surface area contributed by atoms with Crippen LogP contribution < -0.4 is 5.73 Å². The first-order chi connectivity index (χ1) is 9.09. The second-order valence-corrected chi connectivity index (χ2v) is 4.73. The minimum atomic E-state index is -0.355. The van der Waals surface area contributed by atoms with Gasteiger partial charge in [0.25, 0.3) is 0 Å². The summed E-state index contributed by atoms with van der Waals surface area (Å²) in [5.74, 6) is -0.305. The summed E-state index contributed by atoms with van der Waals surface area (Å²) >= 11 is 0. The van der Waals surface area contributed by atoms with Crippen LogP contribution in [-0.2, 0) is 16.0 Å². The van der Waals surface area contributed by atoms with Crippen LogP contribution in [0.25, 0.3) is 0 Å². The predicted molar refractivity (Wildman–Crippen MR) is 68.9 cm³/mol. The first-order valence-corrected chi connectivity index (χ1v) is 6.45. The Kier molecular flexibility index (Phi) is 4.09. The van der Waals surface area contributed by atoms with Crippen LogP contribution in [0.2, 0.25) is 0 Å². The fraction of sp³-hybridized carbons (Fsp3) is 0.538. The van der Waals surface area contributed by atoms with Gasteiger partial charge >= 0.3 is 0 Å². The van der Waals surface area contributed by atoms with Crippen molar-refractivity contribution in [1.29, 1.82) is 0 Å². The van der Waals surface area contributed by atoms with Gasteiger partial charge in [0.1, 0.15) is 0 Å². The van der Waals surface area contributed by atoms with Crippen molar-refractivity contribution < 1.29 is 9.59 Å². The molecule has 0 radical (unpaired) electrons. The van der Waals surface area contributed by atoms with Crippen LogP contribution in [0.5, 0.6) is 0 Å². The third kappa shape index (κ3) is 3.07. The van der Waals surface area contributed by atoms with Gasteiger partial charge in [-0.15, -0.1) is 0 Å². The molecule has 6 nitrogen and oxygen atoms in total. The SMILES string of the molecule is CC(=O)N1CCC[C@H]1c1nccnc1CCC(N)=O. The van der Waals surface area contributed by atoms with Gasteiger partial charge in [-0.1, -0.05) is 0 Å². The highest BCUT2D eigenvalue weighted by Gasteiger charge is 2.30. The van der Waals surface area contributed by atoms with Gasteiger partial charge in [0.15, 0.2) is 0 Å². The average molecular weight is 262 g/mol. The van der Waals surface area contributed by atoms with E-state index in [-0.39, 0.29) is 24.3 Å². The predicted octanol–water partition coefficient (Wildman–Crippen LogP) is 0.578. The van der Waals surface area contributed by atoms with Gasteiger partial charge < -0.3 is 10.6 Å². The Morgan fingerprint density at radius 3 is 2.84 bits per heavy atom. The fourth-order valence-corrected chi connectivity index (χ4v) is 2.52. The summed E-state index contributed by atoms with van der Waals surface area (Å²) in [6.07, 6.45) is 5.81. The summed E-state index contributed by atoms with van der Waals surface area (Å²) in [4.78, 5) is 33.0. The Labute approximate surface area is 112 Å². The van der Waals surface area contributed by atoms with E-state index >= 15 is 0 Å². The lowest BCUT2D eigenvalue weighted by Crippen LogP contribution is -2.29. The zero-order chi connectivity index (χ0) is 13.8. The fourth-order valence-electron chi connectivity index (χ4n) is 2.52. The van der Waals surface area contributed by atoms with Crippen molar-refractivity contribution in [2.75, 3.05) is 6.54 Å². The lowest BCUT2D eigenvalue weighted by Gasteiger charge is -2.24. The number of amides is 2. The number of nitrogens with two attached hydrogens (primary N) is 1.